The lowest BCUT2D eigenvalue weighted by Gasteiger charge is -2.11. The van der Waals surface area contributed by atoms with Crippen LogP contribution in [0, 0.1) is 0 Å². The molecule has 0 radical (unpaired) electrons. The molecular weight excluding hydrogens is 685 g/mol. The highest BCUT2D eigenvalue weighted by atomic mass is 16.3. The van der Waals surface area contributed by atoms with E-state index in [1.54, 1.807) is 24.3 Å². The highest BCUT2D eigenvalue weighted by molar-refractivity contribution is 6.10. The Balaban J connectivity index is 1.10. The minimum Gasteiger partial charge on any atom is -0.456 e. The van der Waals surface area contributed by atoms with Crippen LogP contribution in [0.2, 0.25) is 0 Å². The van der Waals surface area contributed by atoms with Crippen LogP contribution in [-0.2, 0) is 0 Å². The molecule has 0 saturated carbocycles. The molecular formula is C51H32N4O. The van der Waals surface area contributed by atoms with Gasteiger partial charge in [-0.3, -0.25) is 0 Å². The van der Waals surface area contributed by atoms with Crippen LogP contribution < -0.4 is 0 Å². The molecule has 0 fully saturated rings. The standard InChI is InChI=1S/C51H32N4O/c1-3-12-33(13-4-1)36-14-11-15-38(30-36)50-52-49(53-51(54-50)39-27-29-44-43-19-8-10-21-47(43)56-48(44)32-39)35-24-22-34(23-25-35)37-26-28-42-41-18-7-9-20-45(41)55(46(42)31-37)40-16-5-2-6-17-40/h1-32H/i2D,5D,6D,7D,9D,16D,17D,18D,20D,26D,28D,31D. The van der Waals surface area contributed by atoms with Gasteiger partial charge in [0.25, 0.3) is 0 Å². The van der Waals surface area contributed by atoms with Gasteiger partial charge in [-0.05, 0) is 70.7 Å². The molecule has 5 nitrogen and oxygen atoms in total. The minimum atomic E-state index is -0.703. The molecule has 5 heteroatoms. The topological polar surface area (TPSA) is 56.7 Å². The van der Waals surface area contributed by atoms with Gasteiger partial charge in [-0.25, -0.2) is 15.0 Å². The quantitative estimate of drug-likeness (QED) is 0.171. The normalized spacial score (nSPS) is 14.6. The summed E-state index contributed by atoms with van der Waals surface area (Å²) in [7, 11) is 0. The van der Waals surface area contributed by atoms with E-state index in [1.807, 2.05) is 97.1 Å². The molecule has 11 rings (SSSR count). The zero-order chi connectivity index (χ0) is 47.4. The van der Waals surface area contributed by atoms with Crippen molar-refractivity contribution in [1.82, 2.24) is 19.5 Å². The van der Waals surface area contributed by atoms with E-state index in [1.165, 1.54) is 0 Å². The van der Waals surface area contributed by atoms with E-state index in [0.717, 1.165) is 37.6 Å². The number of aromatic nitrogens is 4. The van der Waals surface area contributed by atoms with Gasteiger partial charge in [-0.15, -0.1) is 0 Å². The summed E-state index contributed by atoms with van der Waals surface area (Å²) in [6.07, 6.45) is 0. The van der Waals surface area contributed by atoms with Crippen molar-refractivity contribution in [2.24, 2.45) is 0 Å². The molecule has 0 saturated heterocycles. The second-order valence-corrected chi connectivity index (χ2v) is 13.1. The van der Waals surface area contributed by atoms with E-state index in [2.05, 4.69) is 0 Å². The molecule has 0 bridgehead atoms. The van der Waals surface area contributed by atoms with Gasteiger partial charge in [0.15, 0.2) is 17.5 Å². The molecule has 0 aliphatic heterocycles. The van der Waals surface area contributed by atoms with Crippen LogP contribution >= 0.6 is 0 Å². The number of benzene rings is 8. The first-order valence-corrected chi connectivity index (χ1v) is 17.8. The van der Waals surface area contributed by atoms with E-state index in [-0.39, 0.29) is 27.4 Å². The number of nitrogens with zero attached hydrogens (tertiary/aromatic N) is 4. The molecule has 3 aromatic heterocycles. The van der Waals surface area contributed by atoms with E-state index in [9.17, 15) is 4.11 Å². The maximum atomic E-state index is 9.68. The molecule has 0 aliphatic rings. The molecule has 3 heterocycles. The molecule has 0 atom stereocenters. The van der Waals surface area contributed by atoms with Crippen LogP contribution in [0.3, 0.4) is 0 Å². The molecule has 56 heavy (non-hydrogen) atoms. The second kappa shape index (κ2) is 13.0. The highest BCUT2D eigenvalue weighted by Gasteiger charge is 2.17. The molecule has 11 aromatic rings. The summed E-state index contributed by atoms with van der Waals surface area (Å²) >= 11 is 0. The number of fused-ring (bicyclic) bond motifs is 6. The van der Waals surface area contributed by atoms with Crippen molar-refractivity contribution >= 4 is 43.7 Å². The third-order valence-electron chi connectivity index (χ3n) is 9.80. The predicted molar refractivity (Wildman–Crippen MR) is 229 cm³/mol. The number of rotatable bonds is 6. The van der Waals surface area contributed by atoms with Crippen LogP contribution in [-0.4, -0.2) is 19.5 Å². The first-order chi connectivity index (χ1) is 32.7. The third-order valence-corrected chi connectivity index (χ3v) is 9.80. The zero-order valence-corrected chi connectivity index (χ0v) is 29.2. The fourth-order valence-electron chi connectivity index (χ4n) is 7.12. The molecule has 0 aliphatic carbocycles. The fourth-order valence-corrected chi connectivity index (χ4v) is 7.12. The Bertz CT molecular complexity index is 3920. The molecule has 0 spiro atoms. The van der Waals surface area contributed by atoms with Crippen LogP contribution in [0.1, 0.15) is 16.4 Å². The van der Waals surface area contributed by atoms with Crippen LogP contribution in [0.25, 0.3) is 106 Å². The summed E-state index contributed by atoms with van der Waals surface area (Å²) in [5, 5.41) is 1.50. The summed E-state index contributed by atoms with van der Waals surface area (Å²) in [4.78, 5) is 14.9. The Hall–Kier alpha value is -7.63. The monoisotopic (exact) mass is 728 g/mol. The molecule has 0 N–H and O–H groups in total. The number of hydrogen-bond donors (Lipinski definition) is 0. The average Bonchev–Trinajstić information content (AvgIpc) is 3.92. The fraction of sp³-hybridized carbons (Fsp3) is 0. The van der Waals surface area contributed by atoms with E-state index in [0.29, 0.717) is 39.7 Å². The first-order valence-electron chi connectivity index (χ1n) is 23.8. The van der Waals surface area contributed by atoms with Crippen molar-refractivity contribution in [2.45, 2.75) is 0 Å². The Morgan fingerprint density at radius 3 is 1.84 bits per heavy atom. The molecule has 262 valence electrons. The Kier molecular flexibility index (Phi) is 5.10. The largest absolute Gasteiger partial charge is 0.456 e. The van der Waals surface area contributed by atoms with Crippen molar-refractivity contribution in [3.8, 4) is 62.1 Å². The smallest absolute Gasteiger partial charge is 0.164 e. The van der Waals surface area contributed by atoms with Gasteiger partial charge in [0, 0.05) is 43.9 Å². The third kappa shape index (κ3) is 5.45. The van der Waals surface area contributed by atoms with Gasteiger partial charge in [-0.2, -0.15) is 0 Å². The zero-order valence-electron chi connectivity index (χ0n) is 41.2. The van der Waals surface area contributed by atoms with Crippen molar-refractivity contribution in [2.75, 3.05) is 0 Å². The van der Waals surface area contributed by atoms with Crippen LogP contribution in [0.5, 0.6) is 0 Å². The summed E-state index contributed by atoms with van der Waals surface area (Å²) in [5.74, 6) is 1.09. The van der Waals surface area contributed by atoms with E-state index in [4.69, 9.17) is 31.7 Å². The maximum absolute atomic E-state index is 9.68. The second-order valence-electron chi connectivity index (χ2n) is 13.1. The Morgan fingerprint density at radius 1 is 0.393 bits per heavy atom. The van der Waals surface area contributed by atoms with Gasteiger partial charge < -0.3 is 8.98 Å². The van der Waals surface area contributed by atoms with Gasteiger partial charge in [0.2, 0.25) is 0 Å². The van der Waals surface area contributed by atoms with Crippen LogP contribution in [0.15, 0.2) is 198 Å². The lowest BCUT2D eigenvalue weighted by Crippen LogP contribution is -2.00. The summed E-state index contributed by atoms with van der Waals surface area (Å²) in [5.41, 5.74) is 4.61. The lowest BCUT2D eigenvalue weighted by atomic mass is 10.0. The summed E-state index contributed by atoms with van der Waals surface area (Å²) in [6.45, 7) is 0. The molecule has 0 amide bonds. The first kappa shape index (κ1) is 21.9. The SMILES string of the molecule is [2H]c1c([2H])c([2H])c(-n2c3c([2H])c([2H])c([2H])c([2H])c3c3c([2H])c([2H])c(-c4ccc(-c5nc(-c6cccc(-c7ccccc7)c6)nc(-c6ccc7c(c6)oc6ccccc67)n5)cc4)c([2H])c32)c([2H])c1[2H]. The van der Waals surface area contributed by atoms with Gasteiger partial charge in [0.1, 0.15) is 11.2 Å². The molecule has 8 aromatic carbocycles. The number of furan rings is 1. The van der Waals surface area contributed by atoms with Gasteiger partial charge in [-0.1, -0.05) is 145 Å². The minimum absolute atomic E-state index is 0.0605. The Morgan fingerprint density at radius 2 is 1.00 bits per heavy atom. The lowest BCUT2D eigenvalue weighted by molar-refractivity contribution is 0.669. The van der Waals surface area contributed by atoms with Crippen molar-refractivity contribution in [3.05, 3.63) is 194 Å². The highest BCUT2D eigenvalue weighted by Crippen LogP contribution is 2.36. The van der Waals surface area contributed by atoms with Gasteiger partial charge in [0.05, 0.1) is 27.5 Å². The summed E-state index contributed by atoms with van der Waals surface area (Å²) in [6, 6.07) is 30.9. The number of hydrogen-bond acceptors (Lipinski definition) is 4. The van der Waals surface area contributed by atoms with Crippen molar-refractivity contribution in [3.63, 3.8) is 0 Å². The Labute approximate surface area is 339 Å². The molecule has 0 unspecified atom stereocenters. The van der Waals surface area contributed by atoms with Crippen molar-refractivity contribution < 1.29 is 20.9 Å². The number of para-hydroxylation sites is 3. The maximum Gasteiger partial charge on any atom is 0.164 e. The summed E-state index contributed by atoms with van der Waals surface area (Å²) < 4.78 is 113. The van der Waals surface area contributed by atoms with E-state index < -0.39 is 78.2 Å². The average molecular weight is 729 g/mol. The predicted octanol–water partition coefficient (Wildman–Crippen LogP) is 13.2. The van der Waals surface area contributed by atoms with Gasteiger partial charge >= 0.3 is 0 Å². The van der Waals surface area contributed by atoms with E-state index >= 15 is 0 Å². The van der Waals surface area contributed by atoms with Crippen LogP contribution in [0.4, 0.5) is 0 Å². The van der Waals surface area contributed by atoms with Crippen molar-refractivity contribution in [1.29, 1.82) is 0 Å².